The van der Waals surface area contributed by atoms with Crippen LogP contribution in [0.4, 0.5) is 5.95 Å². The summed E-state index contributed by atoms with van der Waals surface area (Å²) in [6.45, 7) is 9.62. The van der Waals surface area contributed by atoms with Crippen LogP contribution in [0.5, 0.6) is 0 Å². The van der Waals surface area contributed by atoms with Gasteiger partial charge in [0.05, 0.1) is 13.2 Å². The molecule has 4 nitrogen and oxygen atoms in total. The molecule has 0 aliphatic carbocycles. The molecule has 0 spiro atoms. The maximum absolute atomic E-state index is 5.33. The van der Waals surface area contributed by atoms with Crippen molar-refractivity contribution < 1.29 is 4.74 Å². The molecule has 0 unspecified atom stereocenters. The van der Waals surface area contributed by atoms with Gasteiger partial charge >= 0.3 is 0 Å². The van der Waals surface area contributed by atoms with Crippen LogP contribution in [-0.2, 0) is 11.2 Å². The Hall–Kier alpha value is -1.16. The monoisotopic (exact) mass is 221 g/mol. The number of morpholine rings is 1. The van der Waals surface area contributed by atoms with E-state index in [9.17, 15) is 0 Å². The topological polar surface area (TPSA) is 38.2 Å². The standard InChI is InChI=1S/C12H19N3O/c1-4-11-9(2)13-12(14-10(11)3)15-5-7-16-8-6-15/h4-8H2,1-3H3. The molecule has 88 valence electrons. The van der Waals surface area contributed by atoms with Gasteiger partial charge < -0.3 is 9.64 Å². The van der Waals surface area contributed by atoms with E-state index in [1.165, 1.54) is 5.56 Å². The van der Waals surface area contributed by atoms with Gasteiger partial charge in [-0.1, -0.05) is 6.92 Å². The molecule has 0 radical (unpaired) electrons. The van der Waals surface area contributed by atoms with Crippen LogP contribution in [0.25, 0.3) is 0 Å². The predicted octanol–water partition coefficient (Wildman–Crippen LogP) is 1.49. The van der Waals surface area contributed by atoms with Crippen molar-refractivity contribution in [1.82, 2.24) is 9.97 Å². The van der Waals surface area contributed by atoms with Gasteiger partial charge in [-0.3, -0.25) is 0 Å². The van der Waals surface area contributed by atoms with Crippen molar-refractivity contribution in [1.29, 1.82) is 0 Å². The summed E-state index contributed by atoms with van der Waals surface area (Å²) >= 11 is 0. The first-order chi connectivity index (χ1) is 7.72. The van der Waals surface area contributed by atoms with Crippen LogP contribution in [0.3, 0.4) is 0 Å². The van der Waals surface area contributed by atoms with Crippen LogP contribution in [0.15, 0.2) is 0 Å². The van der Waals surface area contributed by atoms with Crippen LogP contribution < -0.4 is 4.90 Å². The highest BCUT2D eigenvalue weighted by Gasteiger charge is 2.15. The van der Waals surface area contributed by atoms with Crippen molar-refractivity contribution in [3.63, 3.8) is 0 Å². The summed E-state index contributed by atoms with van der Waals surface area (Å²) in [7, 11) is 0. The molecule has 1 fully saturated rings. The molecule has 0 atom stereocenters. The Labute approximate surface area is 96.7 Å². The molecular weight excluding hydrogens is 202 g/mol. The van der Waals surface area contributed by atoms with Gasteiger partial charge in [-0.15, -0.1) is 0 Å². The van der Waals surface area contributed by atoms with Crippen molar-refractivity contribution >= 4 is 5.95 Å². The molecule has 0 amide bonds. The van der Waals surface area contributed by atoms with E-state index in [4.69, 9.17) is 4.74 Å². The highest BCUT2D eigenvalue weighted by atomic mass is 16.5. The van der Waals surface area contributed by atoms with Gasteiger partial charge in [0.15, 0.2) is 0 Å². The second-order valence-corrected chi connectivity index (χ2v) is 4.13. The molecular formula is C12H19N3O. The molecule has 1 aliphatic heterocycles. The van der Waals surface area contributed by atoms with Crippen molar-refractivity contribution in [2.24, 2.45) is 0 Å². The first kappa shape index (κ1) is 11.3. The predicted molar refractivity (Wildman–Crippen MR) is 63.9 cm³/mol. The van der Waals surface area contributed by atoms with Gasteiger partial charge in [-0.2, -0.15) is 0 Å². The van der Waals surface area contributed by atoms with E-state index in [2.05, 4.69) is 35.6 Å². The fourth-order valence-electron chi connectivity index (χ4n) is 2.14. The van der Waals surface area contributed by atoms with Crippen molar-refractivity contribution in [2.45, 2.75) is 27.2 Å². The molecule has 1 saturated heterocycles. The summed E-state index contributed by atoms with van der Waals surface area (Å²) in [4.78, 5) is 11.4. The van der Waals surface area contributed by atoms with Crippen LogP contribution in [0, 0.1) is 13.8 Å². The third-order valence-corrected chi connectivity index (χ3v) is 3.06. The van der Waals surface area contributed by atoms with Gasteiger partial charge in [-0.25, -0.2) is 9.97 Å². The average molecular weight is 221 g/mol. The lowest BCUT2D eigenvalue weighted by Crippen LogP contribution is -2.37. The van der Waals surface area contributed by atoms with E-state index in [0.717, 1.165) is 50.1 Å². The average Bonchev–Trinajstić information content (AvgIpc) is 2.30. The van der Waals surface area contributed by atoms with E-state index in [1.54, 1.807) is 0 Å². The Morgan fingerprint density at radius 2 is 1.69 bits per heavy atom. The van der Waals surface area contributed by atoms with Crippen molar-refractivity contribution in [3.05, 3.63) is 17.0 Å². The third-order valence-electron chi connectivity index (χ3n) is 3.06. The van der Waals surface area contributed by atoms with Crippen LogP contribution >= 0.6 is 0 Å². The molecule has 0 bridgehead atoms. The summed E-state index contributed by atoms with van der Waals surface area (Å²) in [6.07, 6.45) is 1.00. The van der Waals surface area contributed by atoms with E-state index in [-0.39, 0.29) is 0 Å². The summed E-state index contributed by atoms with van der Waals surface area (Å²) in [5.41, 5.74) is 3.49. The van der Waals surface area contributed by atoms with Gasteiger partial charge in [0.2, 0.25) is 5.95 Å². The van der Waals surface area contributed by atoms with Gasteiger partial charge in [0.25, 0.3) is 0 Å². The van der Waals surface area contributed by atoms with Gasteiger partial charge in [-0.05, 0) is 25.8 Å². The Morgan fingerprint density at radius 3 is 2.19 bits per heavy atom. The zero-order chi connectivity index (χ0) is 11.5. The first-order valence-corrected chi connectivity index (χ1v) is 5.89. The SMILES string of the molecule is CCc1c(C)nc(N2CCOCC2)nc1C. The van der Waals surface area contributed by atoms with Crippen LogP contribution in [0.2, 0.25) is 0 Å². The summed E-state index contributed by atoms with van der Waals surface area (Å²) < 4.78 is 5.33. The largest absolute Gasteiger partial charge is 0.378 e. The number of hydrogen-bond donors (Lipinski definition) is 0. The van der Waals surface area contributed by atoms with Gasteiger partial charge in [0, 0.05) is 24.5 Å². The smallest absolute Gasteiger partial charge is 0.225 e. The lowest BCUT2D eigenvalue weighted by Gasteiger charge is -2.27. The summed E-state index contributed by atoms with van der Waals surface area (Å²) in [6, 6.07) is 0. The lowest BCUT2D eigenvalue weighted by molar-refractivity contribution is 0.122. The Morgan fingerprint density at radius 1 is 1.12 bits per heavy atom. The number of ether oxygens (including phenoxy) is 1. The van der Waals surface area contributed by atoms with E-state index in [0.29, 0.717) is 0 Å². The fraction of sp³-hybridized carbons (Fsp3) is 0.667. The zero-order valence-electron chi connectivity index (χ0n) is 10.3. The summed E-state index contributed by atoms with van der Waals surface area (Å²) in [5.74, 6) is 0.857. The lowest BCUT2D eigenvalue weighted by atomic mass is 10.1. The Bertz CT molecular complexity index is 350. The van der Waals surface area contributed by atoms with E-state index < -0.39 is 0 Å². The number of aryl methyl sites for hydroxylation is 2. The molecule has 0 aromatic carbocycles. The second kappa shape index (κ2) is 4.78. The second-order valence-electron chi connectivity index (χ2n) is 4.13. The molecule has 0 N–H and O–H groups in total. The molecule has 1 aromatic rings. The van der Waals surface area contributed by atoms with Crippen molar-refractivity contribution in [2.75, 3.05) is 31.2 Å². The minimum Gasteiger partial charge on any atom is -0.378 e. The van der Waals surface area contributed by atoms with E-state index in [1.807, 2.05) is 0 Å². The molecule has 4 heteroatoms. The Kier molecular flexibility index (Phi) is 3.39. The zero-order valence-corrected chi connectivity index (χ0v) is 10.3. The molecule has 1 aromatic heterocycles. The highest BCUT2D eigenvalue weighted by molar-refractivity contribution is 5.36. The number of rotatable bonds is 2. The maximum atomic E-state index is 5.33. The number of nitrogens with zero attached hydrogens (tertiary/aromatic N) is 3. The quantitative estimate of drug-likeness (QED) is 0.758. The minimum atomic E-state index is 0.775. The number of anilines is 1. The maximum Gasteiger partial charge on any atom is 0.225 e. The van der Waals surface area contributed by atoms with Crippen molar-refractivity contribution in [3.8, 4) is 0 Å². The molecule has 2 rings (SSSR count). The molecule has 1 aliphatic rings. The van der Waals surface area contributed by atoms with E-state index >= 15 is 0 Å². The highest BCUT2D eigenvalue weighted by Crippen LogP contribution is 2.16. The summed E-state index contributed by atoms with van der Waals surface area (Å²) in [5, 5.41) is 0. The number of aromatic nitrogens is 2. The van der Waals surface area contributed by atoms with Crippen LogP contribution in [-0.4, -0.2) is 36.3 Å². The molecule has 2 heterocycles. The van der Waals surface area contributed by atoms with Gasteiger partial charge in [0.1, 0.15) is 0 Å². The number of hydrogen-bond acceptors (Lipinski definition) is 4. The normalized spacial score (nSPS) is 16.6. The minimum absolute atomic E-state index is 0.775. The third kappa shape index (κ3) is 2.16. The Balaban J connectivity index is 2.28. The first-order valence-electron chi connectivity index (χ1n) is 5.89. The molecule has 16 heavy (non-hydrogen) atoms. The van der Waals surface area contributed by atoms with Crippen LogP contribution in [0.1, 0.15) is 23.9 Å². The fourth-order valence-corrected chi connectivity index (χ4v) is 2.14. The molecule has 0 saturated carbocycles.